The first-order valence-electron chi connectivity index (χ1n) is 7.57. The van der Waals surface area contributed by atoms with Crippen LogP contribution in [-0.4, -0.2) is 42.4 Å². The van der Waals surface area contributed by atoms with Crippen molar-refractivity contribution in [1.82, 2.24) is 10.2 Å². The van der Waals surface area contributed by atoms with Crippen molar-refractivity contribution in [3.63, 3.8) is 0 Å². The summed E-state index contributed by atoms with van der Waals surface area (Å²) in [5, 5.41) is 2.95. The Morgan fingerprint density at radius 1 is 1.36 bits per heavy atom. The summed E-state index contributed by atoms with van der Waals surface area (Å²) >= 11 is 0. The van der Waals surface area contributed by atoms with Crippen LogP contribution in [-0.2, 0) is 4.79 Å². The molecule has 5 nitrogen and oxygen atoms in total. The van der Waals surface area contributed by atoms with Crippen molar-refractivity contribution in [1.29, 1.82) is 0 Å². The fourth-order valence-corrected chi connectivity index (χ4v) is 2.48. The highest BCUT2D eigenvalue weighted by Crippen LogP contribution is 2.16. The Balaban J connectivity index is 1.88. The van der Waals surface area contributed by atoms with Crippen molar-refractivity contribution in [2.75, 3.05) is 19.6 Å². The fourth-order valence-electron chi connectivity index (χ4n) is 2.48. The summed E-state index contributed by atoms with van der Waals surface area (Å²) in [6, 6.07) is 6.04. The van der Waals surface area contributed by atoms with Crippen molar-refractivity contribution < 1.29 is 14.0 Å². The molecule has 1 aliphatic heterocycles. The second-order valence-corrected chi connectivity index (χ2v) is 5.69. The molecule has 0 bridgehead atoms. The van der Waals surface area contributed by atoms with E-state index in [4.69, 9.17) is 5.73 Å². The van der Waals surface area contributed by atoms with E-state index >= 15 is 0 Å². The summed E-state index contributed by atoms with van der Waals surface area (Å²) in [5.74, 6) is -1.06. The minimum absolute atomic E-state index is 0.0474. The lowest BCUT2D eigenvalue weighted by Crippen LogP contribution is -2.48. The minimum Gasteiger partial charge on any atom is -0.353 e. The fraction of sp³-hybridized carbons (Fsp3) is 0.500. The molecule has 1 aromatic carbocycles. The molecule has 120 valence electrons. The van der Waals surface area contributed by atoms with E-state index in [1.807, 2.05) is 0 Å². The van der Waals surface area contributed by atoms with Gasteiger partial charge >= 0.3 is 0 Å². The maximum atomic E-state index is 13.7. The van der Waals surface area contributed by atoms with Crippen LogP contribution in [0.1, 0.15) is 30.1 Å². The van der Waals surface area contributed by atoms with Gasteiger partial charge in [0.1, 0.15) is 5.82 Å². The third-order valence-corrected chi connectivity index (χ3v) is 4.03. The lowest BCUT2D eigenvalue weighted by molar-refractivity contribution is -0.125. The number of rotatable bonds is 4. The Kier molecular flexibility index (Phi) is 5.49. The number of likely N-dealkylation sites (tertiary alicyclic amines) is 1. The molecule has 6 heteroatoms. The van der Waals surface area contributed by atoms with Crippen LogP contribution in [0.3, 0.4) is 0 Å². The average molecular weight is 307 g/mol. The SMILES string of the molecule is CC(CN)C(=O)NC1CCN(C(=O)c2ccccc2F)CC1. The van der Waals surface area contributed by atoms with Gasteiger partial charge in [-0.15, -0.1) is 0 Å². The van der Waals surface area contributed by atoms with Crippen LogP contribution in [0.25, 0.3) is 0 Å². The molecule has 1 atom stereocenters. The molecule has 0 aromatic heterocycles. The van der Waals surface area contributed by atoms with Gasteiger partial charge in [0.05, 0.1) is 5.56 Å². The molecule has 1 aliphatic rings. The number of benzene rings is 1. The topological polar surface area (TPSA) is 75.4 Å². The van der Waals surface area contributed by atoms with Gasteiger partial charge in [-0.25, -0.2) is 4.39 Å². The maximum absolute atomic E-state index is 13.7. The third kappa shape index (κ3) is 3.82. The summed E-state index contributed by atoms with van der Waals surface area (Å²) in [7, 11) is 0. The van der Waals surface area contributed by atoms with Gasteiger partial charge < -0.3 is 16.0 Å². The number of hydrogen-bond donors (Lipinski definition) is 2. The molecule has 2 rings (SSSR count). The van der Waals surface area contributed by atoms with Crippen molar-refractivity contribution in [2.24, 2.45) is 11.7 Å². The predicted molar refractivity (Wildman–Crippen MR) is 81.7 cm³/mol. The van der Waals surface area contributed by atoms with Gasteiger partial charge in [0.25, 0.3) is 5.91 Å². The van der Waals surface area contributed by atoms with E-state index in [0.717, 1.165) is 0 Å². The predicted octanol–water partition coefficient (Wildman–Crippen LogP) is 1.14. The maximum Gasteiger partial charge on any atom is 0.256 e. The van der Waals surface area contributed by atoms with Gasteiger partial charge in [0.15, 0.2) is 0 Å². The Morgan fingerprint density at radius 2 is 2.00 bits per heavy atom. The number of piperidine rings is 1. The molecule has 0 spiro atoms. The van der Waals surface area contributed by atoms with Gasteiger partial charge in [-0.3, -0.25) is 9.59 Å². The Bertz CT molecular complexity index is 542. The first-order chi connectivity index (χ1) is 10.5. The highest BCUT2D eigenvalue weighted by atomic mass is 19.1. The summed E-state index contributed by atoms with van der Waals surface area (Å²) < 4.78 is 13.7. The molecule has 22 heavy (non-hydrogen) atoms. The minimum atomic E-state index is -0.500. The monoisotopic (exact) mass is 307 g/mol. The zero-order valence-electron chi connectivity index (χ0n) is 12.7. The van der Waals surface area contributed by atoms with Crippen LogP contribution >= 0.6 is 0 Å². The number of nitrogens with two attached hydrogens (primary N) is 1. The van der Waals surface area contributed by atoms with E-state index in [2.05, 4.69) is 5.32 Å². The van der Waals surface area contributed by atoms with Gasteiger partial charge in [0, 0.05) is 31.6 Å². The van der Waals surface area contributed by atoms with Crippen LogP contribution in [0.15, 0.2) is 24.3 Å². The van der Waals surface area contributed by atoms with Crippen LogP contribution < -0.4 is 11.1 Å². The number of halogens is 1. The normalized spacial score (nSPS) is 17.1. The molecule has 1 heterocycles. The van der Waals surface area contributed by atoms with E-state index in [9.17, 15) is 14.0 Å². The highest BCUT2D eigenvalue weighted by Gasteiger charge is 2.26. The number of hydrogen-bond acceptors (Lipinski definition) is 3. The Morgan fingerprint density at radius 3 is 2.59 bits per heavy atom. The standard InChI is InChI=1S/C16H22FN3O2/c1-11(10-18)15(21)19-12-6-8-20(9-7-12)16(22)13-4-2-3-5-14(13)17/h2-5,11-12H,6-10,18H2,1H3,(H,19,21). The molecule has 0 saturated carbocycles. The Hall–Kier alpha value is -1.95. The molecule has 0 aliphatic carbocycles. The van der Waals surface area contributed by atoms with Crippen LogP contribution in [0, 0.1) is 11.7 Å². The van der Waals surface area contributed by atoms with Crippen molar-refractivity contribution >= 4 is 11.8 Å². The summed E-state index contributed by atoms with van der Waals surface area (Å²) in [6.45, 7) is 3.12. The molecule has 2 amide bonds. The summed E-state index contributed by atoms with van der Waals surface area (Å²) in [5.41, 5.74) is 5.57. The van der Waals surface area contributed by atoms with E-state index < -0.39 is 5.82 Å². The first-order valence-corrected chi connectivity index (χ1v) is 7.57. The van der Waals surface area contributed by atoms with Crippen molar-refractivity contribution in [2.45, 2.75) is 25.8 Å². The van der Waals surface area contributed by atoms with Crippen LogP contribution in [0.4, 0.5) is 4.39 Å². The van der Waals surface area contributed by atoms with Gasteiger partial charge in [-0.05, 0) is 25.0 Å². The van der Waals surface area contributed by atoms with Crippen LogP contribution in [0.2, 0.25) is 0 Å². The van der Waals surface area contributed by atoms with Crippen molar-refractivity contribution in [3.05, 3.63) is 35.6 Å². The van der Waals surface area contributed by atoms with E-state index in [0.29, 0.717) is 32.5 Å². The molecule has 1 fully saturated rings. The smallest absolute Gasteiger partial charge is 0.256 e. The van der Waals surface area contributed by atoms with Crippen LogP contribution in [0.5, 0.6) is 0 Å². The van der Waals surface area contributed by atoms with Gasteiger partial charge in [0.2, 0.25) is 5.91 Å². The average Bonchev–Trinajstić information content (AvgIpc) is 2.54. The Labute approximate surface area is 129 Å². The molecule has 0 radical (unpaired) electrons. The third-order valence-electron chi connectivity index (χ3n) is 4.03. The van der Waals surface area contributed by atoms with E-state index in [-0.39, 0.29) is 29.3 Å². The number of carbonyl (C=O) groups is 2. The molecular formula is C16H22FN3O2. The number of nitrogens with one attached hydrogen (secondary N) is 1. The number of nitrogens with zero attached hydrogens (tertiary/aromatic N) is 1. The quantitative estimate of drug-likeness (QED) is 0.876. The summed E-state index contributed by atoms with van der Waals surface area (Å²) in [6.07, 6.45) is 1.34. The zero-order valence-corrected chi connectivity index (χ0v) is 12.7. The number of carbonyl (C=O) groups excluding carboxylic acids is 2. The first kappa shape index (κ1) is 16.4. The molecule has 1 aromatic rings. The van der Waals surface area contributed by atoms with Gasteiger partial charge in [-0.2, -0.15) is 0 Å². The molecule has 3 N–H and O–H groups in total. The van der Waals surface area contributed by atoms with E-state index in [1.165, 1.54) is 12.1 Å². The lowest BCUT2D eigenvalue weighted by atomic mass is 10.0. The van der Waals surface area contributed by atoms with Crippen molar-refractivity contribution in [3.8, 4) is 0 Å². The van der Waals surface area contributed by atoms with Gasteiger partial charge in [-0.1, -0.05) is 19.1 Å². The molecule has 1 unspecified atom stereocenters. The molecular weight excluding hydrogens is 285 g/mol. The summed E-state index contributed by atoms with van der Waals surface area (Å²) in [4.78, 5) is 25.7. The zero-order chi connectivity index (χ0) is 16.1. The molecule has 1 saturated heterocycles. The van der Waals surface area contributed by atoms with E-state index in [1.54, 1.807) is 24.0 Å². The second kappa shape index (κ2) is 7.35. The lowest BCUT2D eigenvalue weighted by Gasteiger charge is -2.33. The highest BCUT2D eigenvalue weighted by molar-refractivity contribution is 5.94. The number of amides is 2. The second-order valence-electron chi connectivity index (χ2n) is 5.69. The largest absolute Gasteiger partial charge is 0.353 e.